The zero-order chi connectivity index (χ0) is 13.0. The molecule has 0 bridgehead atoms. The minimum absolute atomic E-state index is 0.290. The third-order valence-electron chi connectivity index (χ3n) is 2.97. The molecule has 0 aliphatic carbocycles. The lowest BCUT2D eigenvalue weighted by Crippen LogP contribution is -2.21. The maximum Gasteiger partial charge on any atom is 0.120 e. The van der Waals surface area contributed by atoms with Gasteiger partial charge in [-0.1, -0.05) is 18.2 Å². The van der Waals surface area contributed by atoms with E-state index in [1.54, 1.807) is 12.1 Å². The molecule has 0 saturated heterocycles. The first-order chi connectivity index (χ1) is 8.70. The molecule has 0 heterocycles. The lowest BCUT2D eigenvalue weighted by atomic mass is 10.1. The number of rotatable bonds is 4. The van der Waals surface area contributed by atoms with Crippen LogP contribution in [0.2, 0.25) is 0 Å². The van der Waals surface area contributed by atoms with Gasteiger partial charge in [-0.15, -0.1) is 0 Å². The summed E-state index contributed by atoms with van der Waals surface area (Å²) in [6.07, 6.45) is 0. The molecule has 0 unspecified atom stereocenters. The summed E-state index contributed by atoms with van der Waals surface area (Å²) in [7, 11) is 0. The van der Waals surface area contributed by atoms with Crippen molar-refractivity contribution in [3.05, 3.63) is 54.1 Å². The van der Waals surface area contributed by atoms with Gasteiger partial charge in [0.15, 0.2) is 0 Å². The highest BCUT2D eigenvalue weighted by molar-refractivity contribution is 5.51. The predicted molar refractivity (Wildman–Crippen MR) is 75.7 cm³/mol. The normalized spacial score (nSPS) is 10.3. The average molecular weight is 242 g/mol. The van der Waals surface area contributed by atoms with Crippen LogP contribution in [0.15, 0.2) is 48.5 Å². The summed E-state index contributed by atoms with van der Waals surface area (Å²) in [4.78, 5) is 2.19. The Morgan fingerprint density at radius 1 is 1.11 bits per heavy atom. The second-order valence-electron chi connectivity index (χ2n) is 4.24. The number of hydrogen-bond acceptors (Lipinski definition) is 3. The standard InChI is InChI=1S/C15H18N2O/c1-2-17(14-6-4-3-5-7-14)11-12-10-13(16)8-9-15(12)18/h3-10,18H,2,11,16H2,1H3. The van der Waals surface area contributed by atoms with Crippen LogP contribution < -0.4 is 10.6 Å². The van der Waals surface area contributed by atoms with Gasteiger partial charge in [-0.05, 0) is 37.3 Å². The molecule has 0 amide bonds. The highest BCUT2D eigenvalue weighted by Crippen LogP contribution is 2.24. The van der Waals surface area contributed by atoms with Crippen LogP contribution in [0.5, 0.6) is 5.75 Å². The van der Waals surface area contributed by atoms with Crippen molar-refractivity contribution in [3.63, 3.8) is 0 Å². The maximum atomic E-state index is 9.84. The van der Waals surface area contributed by atoms with Gasteiger partial charge in [0.05, 0.1) is 0 Å². The molecular formula is C15H18N2O. The summed E-state index contributed by atoms with van der Waals surface area (Å²) >= 11 is 0. The van der Waals surface area contributed by atoms with E-state index in [0.717, 1.165) is 17.8 Å². The first-order valence-electron chi connectivity index (χ1n) is 6.08. The Labute approximate surface area is 107 Å². The lowest BCUT2D eigenvalue weighted by molar-refractivity contribution is 0.467. The number of aromatic hydroxyl groups is 1. The fourth-order valence-corrected chi connectivity index (χ4v) is 1.96. The van der Waals surface area contributed by atoms with E-state index in [1.165, 1.54) is 0 Å². The molecule has 2 aromatic carbocycles. The number of nitrogen functional groups attached to an aromatic ring is 1. The summed E-state index contributed by atoms with van der Waals surface area (Å²) in [6.45, 7) is 3.62. The molecule has 94 valence electrons. The molecular weight excluding hydrogens is 224 g/mol. The van der Waals surface area contributed by atoms with Crippen molar-refractivity contribution in [2.75, 3.05) is 17.2 Å². The van der Waals surface area contributed by atoms with E-state index in [0.29, 0.717) is 18.0 Å². The van der Waals surface area contributed by atoms with Gasteiger partial charge < -0.3 is 15.7 Å². The minimum Gasteiger partial charge on any atom is -0.508 e. The predicted octanol–water partition coefficient (Wildman–Crippen LogP) is 3.00. The summed E-state index contributed by atoms with van der Waals surface area (Å²) in [6, 6.07) is 15.3. The monoisotopic (exact) mass is 242 g/mol. The van der Waals surface area contributed by atoms with Crippen LogP contribution in [0, 0.1) is 0 Å². The van der Waals surface area contributed by atoms with Crippen molar-refractivity contribution in [1.29, 1.82) is 0 Å². The van der Waals surface area contributed by atoms with Gasteiger partial charge in [-0.2, -0.15) is 0 Å². The Morgan fingerprint density at radius 3 is 2.50 bits per heavy atom. The van der Waals surface area contributed by atoms with Crippen LogP contribution in [0.4, 0.5) is 11.4 Å². The molecule has 0 saturated carbocycles. The zero-order valence-corrected chi connectivity index (χ0v) is 10.5. The third kappa shape index (κ3) is 2.74. The van der Waals surface area contributed by atoms with Crippen LogP contribution in [-0.4, -0.2) is 11.7 Å². The van der Waals surface area contributed by atoms with Gasteiger partial charge in [0.25, 0.3) is 0 Å². The van der Waals surface area contributed by atoms with Crippen molar-refractivity contribution < 1.29 is 5.11 Å². The molecule has 0 aromatic heterocycles. The SMILES string of the molecule is CCN(Cc1cc(N)ccc1O)c1ccccc1. The molecule has 0 fully saturated rings. The van der Waals surface area contributed by atoms with Crippen molar-refractivity contribution in [2.45, 2.75) is 13.5 Å². The van der Waals surface area contributed by atoms with Gasteiger partial charge in [-0.25, -0.2) is 0 Å². The molecule has 3 heteroatoms. The van der Waals surface area contributed by atoms with Crippen molar-refractivity contribution in [2.24, 2.45) is 0 Å². The summed E-state index contributed by atoms with van der Waals surface area (Å²) in [5, 5.41) is 9.84. The second kappa shape index (κ2) is 5.45. The number of benzene rings is 2. The fourth-order valence-electron chi connectivity index (χ4n) is 1.96. The zero-order valence-electron chi connectivity index (χ0n) is 10.5. The third-order valence-corrected chi connectivity index (χ3v) is 2.97. The molecule has 3 N–H and O–H groups in total. The van der Waals surface area contributed by atoms with Crippen molar-refractivity contribution >= 4 is 11.4 Å². The quantitative estimate of drug-likeness (QED) is 0.640. The van der Waals surface area contributed by atoms with Crippen LogP contribution in [0.25, 0.3) is 0 Å². The maximum absolute atomic E-state index is 9.84. The van der Waals surface area contributed by atoms with Gasteiger partial charge in [0.1, 0.15) is 5.75 Å². The number of phenolic OH excluding ortho intramolecular Hbond substituents is 1. The Morgan fingerprint density at radius 2 is 1.83 bits per heavy atom. The molecule has 0 aliphatic rings. The van der Waals surface area contributed by atoms with Gasteiger partial charge in [0.2, 0.25) is 0 Å². The lowest BCUT2D eigenvalue weighted by Gasteiger charge is -2.23. The van der Waals surface area contributed by atoms with Crippen LogP contribution in [0.1, 0.15) is 12.5 Å². The van der Waals surface area contributed by atoms with Crippen LogP contribution in [-0.2, 0) is 6.54 Å². The van der Waals surface area contributed by atoms with E-state index in [9.17, 15) is 5.11 Å². The average Bonchev–Trinajstić information content (AvgIpc) is 2.41. The van der Waals surface area contributed by atoms with Crippen molar-refractivity contribution in [1.82, 2.24) is 0 Å². The van der Waals surface area contributed by atoms with E-state index >= 15 is 0 Å². The molecule has 3 nitrogen and oxygen atoms in total. The Kier molecular flexibility index (Phi) is 3.72. The number of hydrogen-bond donors (Lipinski definition) is 2. The molecule has 0 spiro atoms. The molecule has 0 atom stereocenters. The van der Waals surface area contributed by atoms with E-state index < -0.39 is 0 Å². The van der Waals surface area contributed by atoms with E-state index in [-0.39, 0.29) is 0 Å². The van der Waals surface area contributed by atoms with E-state index in [4.69, 9.17) is 5.73 Å². The van der Waals surface area contributed by atoms with E-state index in [2.05, 4.69) is 24.0 Å². The molecule has 2 aromatic rings. The molecule has 0 radical (unpaired) electrons. The Hall–Kier alpha value is -2.16. The fraction of sp³-hybridized carbons (Fsp3) is 0.200. The largest absolute Gasteiger partial charge is 0.508 e. The molecule has 0 aliphatic heterocycles. The Bertz CT molecular complexity index is 511. The summed E-state index contributed by atoms with van der Waals surface area (Å²) in [5.74, 6) is 0.290. The Balaban J connectivity index is 2.23. The van der Waals surface area contributed by atoms with Gasteiger partial charge >= 0.3 is 0 Å². The van der Waals surface area contributed by atoms with Crippen LogP contribution >= 0.6 is 0 Å². The first-order valence-corrected chi connectivity index (χ1v) is 6.08. The number of anilines is 2. The highest BCUT2D eigenvalue weighted by atomic mass is 16.3. The topological polar surface area (TPSA) is 49.5 Å². The minimum atomic E-state index is 0.290. The molecule has 18 heavy (non-hydrogen) atoms. The van der Waals surface area contributed by atoms with Gasteiger partial charge in [-0.3, -0.25) is 0 Å². The number of nitrogens with zero attached hydrogens (tertiary/aromatic N) is 1. The number of nitrogens with two attached hydrogens (primary N) is 1. The number of phenols is 1. The summed E-state index contributed by atoms with van der Waals surface area (Å²) < 4.78 is 0. The van der Waals surface area contributed by atoms with Crippen molar-refractivity contribution in [3.8, 4) is 5.75 Å². The van der Waals surface area contributed by atoms with E-state index in [1.807, 2.05) is 24.3 Å². The number of para-hydroxylation sites is 1. The summed E-state index contributed by atoms with van der Waals surface area (Å²) in [5.41, 5.74) is 8.42. The molecule has 2 rings (SSSR count). The first kappa shape index (κ1) is 12.3. The van der Waals surface area contributed by atoms with Gasteiger partial charge in [0, 0.05) is 30.0 Å². The smallest absolute Gasteiger partial charge is 0.120 e. The highest BCUT2D eigenvalue weighted by Gasteiger charge is 2.08. The van der Waals surface area contributed by atoms with Crippen LogP contribution in [0.3, 0.4) is 0 Å². The second-order valence-corrected chi connectivity index (χ2v) is 4.24.